The Hall–Kier alpha value is -2.36. The minimum absolute atomic E-state index is 0.699. The Bertz CT molecular complexity index is 631. The lowest BCUT2D eigenvalue weighted by atomic mass is 10.1. The van der Waals surface area contributed by atoms with Crippen LogP contribution in [0.4, 0.5) is 11.8 Å². The van der Waals surface area contributed by atoms with Crippen LogP contribution in [0.15, 0.2) is 49.1 Å². The summed E-state index contributed by atoms with van der Waals surface area (Å²) in [4.78, 5) is 11.9. The molecule has 3 rings (SSSR count). The third-order valence-corrected chi connectivity index (χ3v) is 4.10. The highest BCUT2D eigenvalue weighted by molar-refractivity contribution is 5.64. The van der Waals surface area contributed by atoms with Gasteiger partial charge in [-0.25, -0.2) is 4.98 Å². The number of nitrogens with zero attached hydrogens (tertiary/aromatic N) is 3. The van der Waals surface area contributed by atoms with E-state index in [0.717, 1.165) is 36.1 Å². The number of aromatic nitrogens is 2. The number of rotatable bonds is 5. The van der Waals surface area contributed by atoms with Crippen LogP contribution in [-0.4, -0.2) is 29.6 Å². The fourth-order valence-electron chi connectivity index (χ4n) is 2.87. The monoisotopic (exact) mass is 308 g/mol. The molecule has 4 nitrogen and oxygen atoms in total. The summed E-state index contributed by atoms with van der Waals surface area (Å²) in [6.45, 7) is 6.55. The van der Waals surface area contributed by atoms with Gasteiger partial charge in [0.2, 0.25) is 5.95 Å². The van der Waals surface area contributed by atoms with Crippen LogP contribution in [-0.2, 0) is 0 Å². The molecule has 0 saturated carbocycles. The van der Waals surface area contributed by atoms with Gasteiger partial charge in [-0.3, -0.25) is 0 Å². The van der Waals surface area contributed by atoms with Crippen molar-refractivity contribution in [3.8, 4) is 11.3 Å². The minimum Gasteiger partial charge on any atom is -0.366 e. The van der Waals surface area contributed by atoms with Gasteiger partial charge in [-0.2, -0.15) is 4.98 Å². The molecule has 2 heterocycles. The first-order valence-corrected chi connectivity index (χ1v) is 8.41. The third kappa shape index (κ3) is 4.09. The first-order valence-electron chi connectivity index (χ1n) is 8.41. The Morgan fingerprint density at radius 3 is 2.48 bits per heavy atom. The van der Waals surface area contributed by atoms with Crippen LogP contribution in [0.5, 0.6) is 0 Å². The summed E-state index contributed by atoms with van der Waals surface area (Å²) in [6, 6.07) is 12.3. The average molecular weight is 308 g/mol. The second-order valence-corrected chi connectivity index (χ2v) is 5.88. The predicted molar refractivity (Wildman–Crippen MR) is 96.8 cm³/mol. The lowest BCUT2D eigenvalue weighted by Crippen LogP contribution is -2.26. The molecule has 1 aromatic heterocycles. The third-order valence-electron chi connectivity index (χ3n) is 4.10. The van der Waals surface area contributed by atoms with Crippen molar-refractivity contribution in [1.29, 1.82) is 0 Å². The van der Waals surface area contributed by atoms with Crippen molar-refractivity contribution in [2.75, 3.05) is 29.9 Å². The topological polar surface area (TPSA) is 41.1 Å². The molecule has 0 radical (unpaired) electrons. The molecule has 1 aromatic carbocycles. The predicted octanol–water partition coefficient (Wildman–Crippen LogP) is 4.12. The highest BCUT2D eigenvalue weighted by Crippen LogP contribution is 2.24. The van der Waals surface area contributed by atoms with Gasteiger partial charge in [0.25, 0.3) is 0 Å². The zero-order valence-corrected chi connectivity index (χ0v) is 13.5. The van der Waals surface area contributed by atoms with Gasteiger partial charge in [-0.1, -0.05) is 49.2 Å². The van der Waals surface area contributed by atoms with Crippen molar-refractivity contribution in [1.82, 2.24) is 9.97 Å². The number of hydrogen-bond acceptors (Lipinski definition) is 4. The molecule has 0 spiro atoms. The molecule has 4 heteroatoms. The van der Waals surface area contributed by atoms with Crippen LogP contribution >= 0.6 is 0 Å². The summed E-state index contributed by atoms with van der Waals surface area (Å²) < 4.78 is 0. The van der Waals surface area contributed by atoms with Crippen LogP contribution in [0.2, 0.25) is 0 Å². The minimum atomic E-state index is 0.699. The first kappa shape index (κ1) is 15.5. The summed E-state index contributed by atoms with van der Waals surface area (Å²) in [7, 11) is 0. The normalized spacial score (nSPS) is 15.0. The molecule has 0 unspecified atom stereocenters. The molecule has 23 heavy (non-hydrogen) atoms. The molecule has 1 N–H and O–H groups in total. The number of hydrogen-bond donors (Lipinski definition) is 1. The van der Waals surface area contributed by atoms with E-state index in [1.54, 1.807) is 0 Å². The standard InChI is InChI=1S/C19H24N4/c1-2-12-20-18-15-17(16-10-6-5-7-11-16)21-19(22-18)23-13-8-3-4-9-14-23/h2,5-7,10-11,15H,1,3-4,8-9,12-14H2,(H,20,21,22). The zero-order valence-electron chi connectivity index (χ0n) is 13.5. The first-order chi connectivity index (χ1) is 11.4. The van der Waals surface area contributed by atoms with Gasteiger partial charge in [0.05, 0.1) is 5.69 Å². The summed E-state index contributed by atoms with van der Waals surface area (Å²) in [5, 5.41) is 3.30. The van der Waals surface area contributed by atoms with Crippen LogP contribution < -0.4 is 10.2 Å². The molecule has 1 saturated heterocycles. The quantitative estimate of drug-likeness (QED) is 0.844. The Labute approximate surface area is 138 Å². The van der Waals surface area contributed by atoms with E-state index >= 15 is 0 Å². The number of benzene rings is 1. The molecule has 120 valence electrons. The van der Waals surface area contributed by atoms with E-state index in [4.69, 9.17) is 9.97 Å². The Morgan fingerprint density at radius 2 is 1.78 bits per heavy atom. The van der Waals surface area contributed by atoms with Crippen molar-refractivity contribution in [2.24, 2.45) is 0 Å². The molecular formula is C19H24N4. The molecular weight excluding hydrogens is 284 g/mol. The van der Waals surface area contributed by atoms with Crippen molar-refractivity contribution in [2.45, 2.75) is 25.7 Å². The molecule has 1 fully saturated rings. The van der Waals surface area contributed by atoms with Crippen LogP contribution in [0, 0.1) is 0 Å². The molecule has 0 aliphatic carbocycles. The fraction of sp³-hybridized carbons (Fsp3) is 0.368. The Balaban J connectivity index is 1.95. The Morgan fingerprint density at radius 1 is 1.04 bits per heavy atom. The SMILES string of the molecule is C=CCNc1cc(-c2ccccc2)nc(N2CCCCCC2)n1. The molecule has 0 bridgehead atoms. The molecule has 0 atom stereocenters. The zero-order chi connectivity index (χ0) is 15.9. The maximum Gasteiger partial charge on any atom is 0.227 e. The molecule has 0 amide bonds. The summed E-state index contributed by atoms with van der Waals surface area (Å²) in [6.07, 6.45) is 6.88. The van der Waals surface area contributed by atoms with Gasteiger partial charge in [0.15, 0.2) is 0 Å². The van der Waals surface area contributed by atoms with Crippen molar-refractivity contribution < 1.29 is 0 Å². The van der Waals surface area contributed by atoms with Crippen LogP contribution in [0.25, 0.3) is 11.3 Å². The molecule has 1 aliphatic heterocycles. The van der Waals surface area contributed by atoms with E-state index in [1.807, 2.05) is 30.3 Å². The highest BCUT2D eigenvalue weighted by Gasteiger charge is 2.15. The van der Waals surface area contributed by atoms with Crippen molar-refractivity contribution in [3.63, 3.8) is 0 Å². The lowest BCUT2D eigenvalue weighted by Gasteiger charge is -2.21. The summed E-state index contributed by atoms with van der Waals surface area (Å²) >= 11 is 0. The smallest absolute Gasteiger partial charge is 0.227 e. The number of anilines is 2. The fourth-order valence-corrected chi connectivity index (χ4v) is 2.87. The van der Waals surface area contributed by atoms with E-state index in [2.05, 4.69) is 28.9 Å². The van der Waals surface area contributed by atoms with Gasteiger partial charge in [-0.15, -0.1) is 6.58 Å². The largest absolute Gasteiger partial charge is 0.366 e. The van der Waals surface area contributed by atoms with Gasteiger partial charge < -0.3 is 10.2 Å². The van der Waals surface area contributed by atoms with E-state index < -0.39 is 0 Å². The summed E-state index contributed by atoms with van der Waals surface area (Å²) in [5.41, 5.74) is 2.08. The lowest BCUT2D eigenvalue weighted by molar-refractivity contribution is 0.726. The maximum atomic E-state index is 4.83. The van der Waals surface area contributed by atoms with Gasteiger partial charge >= 0.3 is 0 Å². The van der Waals surface area contributed by atoms with Gasteiger partial charge in [0.1, 0.15) is 5.82 Å². The van der Waals surface area contributed by atoms with Gasteiger partial charge in [-0.05, 0) is 12.8 Å². The van der Waals surface area contributed by atoms with Crippen molar-refractivity contribution >= 4 is 11.8 Å². The number of nitrogens with one attached hydrogen (secondary N) is 1. The molecule has 1 aliphatic rings. The molecule has 2 aromatic rings. The maximum absolute atomic E-state index is 4.83. The second-order valence-electron chi connectivity index (χ2n) is 5.88. The van der Waals surface area contributed by atoms with E-state index in [1.165, 1.54) is 25.7 Å². The second kappa shape index (κ2) is 7.77. The summed E-state index contributed by atoms with van der Waals surface area (Å²) in [5.74, 6) is 1.69. The Kier molecular flexibility index (Phi) is 5.25. The van der Waals surface area contributed by atoms with Crippen LogP contribution in [0.1, 0.15) is 25.7 Å². The van der Waals surface area contributed by atoms with E-state index in [0.29, 0.717) is 6.54 Å². The van der Waals surface area contributed by atoms with Gasteiger partial charge in [0, 0.05) is 31.3 Å². The highest BCUT2D eigenvalue weighted by atomic mass is 15.3. The average Bonchev–Trinajstić information content (AvgIpc) is 2.90. The van der Waals surface area contributed by atoms with E-state index in [-0.39, 0.29) is 0 Å². The van der Waals surface area contributed by atoms with Crippen LogP contribution in [0.3, 0.4) is 0 Å². The van der Waals surface area contributed by atoms with Crippen molar-refractivity contribution in [3.05, 3.63) is 49.1 Å². The van der Waals surface area contributed by atoms with E-state index in [9.17, 15) is 0 Å².